The van der Waals surface area contributed by atoms with E-state index in [0.717, 1.165) is 6.42 Å². The molecule has 5 heteroatoms. The fourth-order valence-corrected chi connectivity index (χ4v) is 3.15. The highest BCUT2D eigenvalue weighted by atomic mass is 16.4. The summed E-state index contributed by atoms with van der Waals surface area (Å²) in [6.07, 6.45) is 7.14. The van der Waals surface area contributed by atoms with Gasteiger partial charge in [0.2, 0.25) is 0 Å². The SMILES string of the molecule is CC(NC(=O)NCC1(C(=O)O)CCC1)C1CCCC1. The van der Waals surface area contributed by atoms with Crippen LogP contribution in [0.4, 0.5) is 4.79 Å². The Morgan fingerprint density at radius 3 is 2.37 bits per heavy atom. The predicted molar refractivity (Wildman–Crippen MR) is 71.9 cm³/mol. The molecule has 0 aromatic heterocycles. The highest BCUT2D eigenvalue weighted by molar-refractivity contribution is 5.78. The monoisotopic (exact) mass is 268 g/mol. The zero-order chi connectivity index (χ0) is 13.9. The van der Waals surface area contributed by atoms with E-state index in [-0.39, 0.29) is 18.6 Å². The Morgan fingerprint density at radius 1 is 1.26 bits per heavy atom. The van der Waals surface area contributed by atoms with Gasteiger partial charge in [-0.1, -0.05) is 19.3 Å². The lowest BCUT2D eigenvalue weighted by molar-refractivity contribution is -0.153. The van der Waals surface area contributed by atoms with E-state index in [0.29, 0.717) is 18.8 Å². The smallest absolute Gasteiger partial charge is 0.315 e. The van der Waals surface area contributed by atoms with Gasteiger partial charge in [0.05, 0.1) is 5.41 Å². The zero-order valence-corrected chi connectivity index (χ0v) is 11.6. The second-order valence-electron chi connectivity index (χ2n) is 6.10. The van der Waals surface area contributed by atoms with Crippen LogP contribution in [0.3, 0.4) is 0 Å². The van der Waals surface area contributed by atoms with Crippen molar-refractivity contribution in [1.82, 2.24) is 10.6 Å². The third-order valence-corrected chi connectivity index (χ3v) is 4.82. The van der Waals surface area contributed by atoms with Crippen LogP contribution in [-0.4, -0.2) is 29.7 Å². The van der Waals surface area contributed by atoms with Crippen LogP contribution in [0.15, 0.2) is 0 Å². The van der Waals surface area contributed by atoms with Crippen LogP contribution in [0.5, 0.6) is 0 Å². The van der Waals surface area contributed by atoms with Crippen molar-refractivity contribution < 1.29 is 14.7 Å². The van der Waals surface area contributed by atoms with Crippen molar-refractivity contribution >= 4 is 12.0 Å². The normalized spacial score (nSPS) is 23.4. The van der Waals surface area contributed by atoms with E-state index in [4.69, 9.17) is 0 Å². The van der Waals surface area contributed by atoms with Gasteiger partial charge < -0.3 is 15.7 Å². The van der Waals surface area contributed by atoms with Crippen LogP contribution in [0.2, 0.25) is 0 Å². The quantitative estimate of drug-likeness (QED) is 0.714. The molecule has 3 N–H and O–H groups in total. The lowest BCUT2D eigenvalue weighted by Crippen LogP contribution is -2.51. The fraction of sp³-hybridized carbons (Fsp3) is 0.857. The molecular weight excluding hydrogens is 244 g/mol. The van der Waals surface area contributed by atoms with Crippen molar-refractivity contribution in [2.75, 3.05) is 6.54 Å². The standard InChI is InChI=1S/C14H24N2O3/c1-10(11-5-2-3-6-11)16-13(19)15-9-14(12(17)18)7-4-8-14/h10-11H,2-9H2,1H3,(H,17,18)(H2,15,16,19). The molecule has 1 unspecified atom stereocenters. The predicted octanol–water partition coefficient (Wildman–Crippen LogP) is 2.12. The molecule has 0 aromatic carbocycles. The molecule has 108 valence electrons. The highest BCUT2D eigenvalue weighted by Gasteiger charge is 2.44. The molecule has 2 fully saturated rings. The Kier molecular flexibility index (Phi) is 4.32. The van der Waals surface area contributed by atoms with Crippen molar-refractivity contribution in [2.24, 2.45) is 11.3 Å². The number of carboxylic acids is 1. The first-order valence-electron chi connectivity index (χ1n) is 7.31. The average Bonchev–Trinajstić information content (AvgIpc) is 2.80. The summed E-state index contributed by atoms with van der Waals surface area (Å²) < 4.78 is 0. The summed E-state index contributed by atoms with van der Waals surface area (Å²) in [5.74, 6) is -0.217. The summed E-state index contributed by atoms with van der Waals surface area (Å²) in [7, 11) is 0. The minimum absolute atomic E-state index is 0.171. The van der Waals surface area contributed by atoms with Crippen LogP contribution in [0.1, 0.15) is 51.9 Å². The van der Waals surface area contributed by atoms with Crippen molar-refractivity contribution in [3.05, 3.63) is 0 Å². The van der Waals surface area contributed by atoms with E-state index in [1.165, 1.54) is 25.7 Å². The Bertz CT molecular complexity index is 347. The van der Waals surface area contributed by atoms with E-state index in [2.05, 4.69) is 10.6 Å². The third kappa shape index (κ3) is 3.19. The Labute approximate surface area is 114 Å². The number of urea groups is 1. The molecular formula is C14H24N2O3. The number of carbonyl (C=O) groups is 2. The number of nitrogens with one attached hydrogen (secondary N) is 2. The summed E-state index contributed by atoms with van der Waals surface area (Å²) in [4.78, 5) is 23.0. The Balaban J connectivity index is 1.73. The number of carbonyl (C=O) groups excluding carboxylic acids is 1. The van der Waals surface area contributed by atoms with Gasteiger partial charge in [0.25, 0.3) is 0 Å². The van der Waals surface area contributed by atoms with Crippen LogP contribution in [-0.2, 0) is 4.79 Å². The molecule has 0 heterocycles. The van der Waals surface area contributed by atoms with E-state index in [9.17, 15) is 14.7 Å². The fourth-order valence-electron chi connectivity index (χ4n) is 3.15. The molecule has 0 radical (unpaired) electrons. The van der Waals surface area contributed by atoms with Crippen molar-refractivity contribution in [1.29, 1.82) is 0 Å². The van der Waals surface area contributed by atoms with Gasteiger partial charge in [-0.15, -0.1) is 0 Å². The van der Waals surface area contributed by atoms with E-state index >= 15 is 0 Å². The maximum atomic E-state index is 11.8. The first-order valence-corrected chi connectivity index (χ1v) is 7.31. The van der Waals surface area contributed by atoms with Gasteiger partial charge in [-0.3, -0.25) is 4.79 Å². The number of aliphatic carboxylic acids is 1. The largest absolute Gasteiger partial charge is 0.481 e. The number of carboxylic acid groups (broad SMARTS) is 1. The average molecular weight is 268 g/mol. The molecule has 0 aliphatic heterocycles. The van der Waals surface area contributed by atoms with Crippen molar-refractivity contribution in [3.8, 4) is 0 Å². The summed E-state index contributed by atoms with van der Waals surface area (Å²) in [5, 5.41) is 14.8. The molecule has 2 aliphatic carbocycles. The second kappa shape index (κ2) is 5.80. The highest BCUT2D eigenvalue weighted by Crippen LogP contribution is 2.40. The molecule has 5 nitrogen and oxygen atoms in total. The van der Waals surface area contributed by atoms with Gasteiger partial charge >= 0.3 is 12.0 Å². The number of hydrogen-bond acceptors (Lipinski definition) is 2. The minimum atomic E-state index is -0.789. The lowest BCUT2D eigenvalue weighted by Gasteiger charge is -2.37. The van der Waals surface area contributed by atoms with E-state index in [1.54, 1.807) is 0 Å². The van der Waals surface area contributed by atoms with Gasteiger partial charge in [-0.25, -0.2) is 4.79 Å². The van der Waals surface area contributed by atoms with Gasteiger partial charge in [-0.2, -0.15) is 0 Å². The molecule has 2 saturated carbocycles. The van der Waals surface area contributed by atoms with Gasteiger partial charge in [0.15, 0.2) is 0 Å². The molecule has 0 aromatic rings. The van der Waals surface area contributed by atoms with Crippen LogP contribution in [0, 0.1) is 11.3 Å². The summed E-state index contributed by atoms with van der Waals surface area (Å²) in [6, 6.07) is -0.0587. The topological polar surface area (TPSA) is 78.4 Å². The molecule has 2 rings (SSSR count). The van der Waals surface area contributed by atoms with Gasteiger partial charge in [0, 0.05) is 12.6 Å². The van der Waals surface area contributed by atoms with Gasteiger partial charge in [0.1, 0.15) is 0 Å². The van der Waals surface area contributed by atoms with Crippen LogP contribution < -0.4 is 10.6 Å². The van der Waals surface area contributed by atoms with Crippen molar-refractivity contribution in [3.63, 3.8) is 0 Å². The van der Waals surface area contributed by atoms with E-state index in [1.807, 2.05) is 6.92 Å². The number of rotatable bonds is 5. The number of hydrogen-bond donors (Lipinski definition) is 3. The first kappa shape index (κ1) is 14.2. The summed E-state index contributed by atoms with van der Waals surface area (Å²) >= 11 is 0. The maximum absolute atomic E-state index is 11.8. The third-order valence-electron chi connectivity index (χ3n) is 4.82. The zero-order valence-electron chi connectivity index (χ0n) is 11.6. The molecule has 0 spiro atoms. The molecule has 0 saturated heterocycles. The Morgan fingerprint density at radius 2 is 1.89 bits per heavy atom. The van der Waals surface area contributed by atoms with Gasteiger partial charge in [-0.05, 0) is 38.5 Å². The summed E-state index contributed by atoms with van der Waals surface area (Å²) in [5.41, 5.74) is -0.714. The second-order valence-corrected chi connectivity index (χ2v) is 6.10. The molecule has 2 aliphatic rings. The maximum Gasteiger partial charge on any atom is 0.315 e. The molecule has 19 heavy (non-hydrogen) atoms. The lowest BCUT2D eigenvalue weighted by atomic mass is 9.69. The van der Waals surface area contributed by atoms with Crippen LogP contribution >= 0.6 is 0 Å². The molecule has 2 amide bonds. The first-order chi connectivity index (χ1) is 9.03. The van der Waals surface area contributed by atoms with E-state index < -0.39 is 11.4 Å². The van der Waals surface area contributed by atoms with Crippen LogP contribution in [0.25, 0.3) is 0 Å². The Hall–Kier alpha value is -1.26. The molecule has 0 bridgehead atoms. The summed E-state index contributed by atoms with van der Waals surface area (Å²) in [6.45, 7) is 2.28. The minimum Gasteiger partial charge on any atom is -0.481 e. The number of amides is 2. The molecule has 1 atom stereocenters. The van der Waals surface area contributed by atoms with Crippen molar-refractivity contribution in [2.45, 2.75) is 57.9 Å².